The largest absolute Gasteiger partial charge is 0.507 e. The maximum absolute atomic E-state index is 11.2. The van der Waals surface area contributed by atoms with Crippen molar-refractivity contribution in [2.24, 2.45) is 0 Å². The van der Waals surface area contributed by atoms with Crippen molar-refractivity contribution in [2.45, 2.75) is 13.0 Å². The summed E-state index contributed by atoms with van der Waals surface area (Å²) < 4.78 is 0. The highest BCUT2D eigenvalue weighted by molar-refractivity contribution is 6.01. The molecule has 100 valence electrons. The monoisotopic (exact) mass is 267 g/mol. The summed E-state index contributed by atoms with van der Waals surface area (Å²) in [7, 11) is 0. The van der Waals surface area contributed by atoms with Gasteiger partial charge in [-0.05, 0) is 24.6 Å². The van der Waals surface area contributed by atoms with Gasteiger partial charge in [0.15, 0.2) is 5.43 Å². The highest BCUT2D eigenvalue weighted by Gasteiger charge is 2.23. The Morgan fingerprint density at radius 3 is 2.45 bits per heavy atom. The Labute approximate surface area is 115 Å². The van der Waals surface area contributed by atoms with E-state index in [2.05, 4.69) is 5.32 Å². The summed E-state index contributed by atoms with van der Waals surface area (Å²) >= 11 is 0. The smallest absolute Gasteiger partial charge is 0.252 e. The molecule has 1 aliphatic rings. The van der Waals surface area contributed by atoms with Gasteiger partial charge in [-0.15, -0.1) is 0 Å². The normalized spacial score (nSPS) is 16.6. The summed E-state index contributed by atoms with van der Waals surface area (Å²) in [6.45, 7) is 1.99. The summed E-state index contributed by atoms with van der Waals surface area (Å²) in [5.74, 6) is 0.158. The number of phenols is 1. The van der Waals surface area contributed by atoms with E-state index >= 15 is 0 Å². The minimum atomic E-state index is -0.0162. The van der Waals surface area contributed by atoms with E-state index in [9.17, 15) is 9.59 Å². The summed E-state index contributed by atoms with van der Waals surface area (Å²) in [6.07, 6.45) is 0. The van der Waals surface area contributed by atoms with Gasteiger partial charge in [-0.3, -0.25) is 9.59 Å². The molecule has 0 saturated carbocycles. The van der Waals surface area contributed by atoms with Crippen molar-refractivity contribution in [1.82, 2.24) is 5.32 Å². The van der Waals surface area contributed by atoms with Crippen molar-refractivity contribution in [2.75, 3.05) is 0 Å². The average Bonchev–Trinajstić information content (AvgIpc) is 3.02. The number of carbonyl (C=O) groups excluding carboxylic acids is 1. The number of fused-ring (bicyclic) bond motifs is 2. The molecule has 0 bridgehead atoms. The van der Waals surface area contributed by atoms with Crippen LogP contribution in [0, 0.1) is 0 Å². The molecule has 2 N–H and O–H groups in total. The van der Waals surface area contributed by atoms with Crippen LogP contribution in [0.5, 0.6) is 5.75 Å². The second-order valence-electron chi connectivity index (χ2n) is 4.81. The third-order valence-electron chi connectivity index (χ3n) is 3.47. The van der Waals surface area contributed by atoms with Crippen molar-refractivity contribution >= 4 is 16.7 Å². The molecular weight excluding hydrogens is 254 g/mol. The number of benzene rings is 2. The molecule has 1 unspecified atom stereocenters. The number of hydrogen-bond donors (Lipinski definition) is 2. The topological polar surface area (TPSA) is 66.4 Å². The van der Waals surface area contributed by atoms with Crippen molar-refractivity contribution in [3.8, 4) is 5.75 Å². The molecule has 1 aliphatic heterocycles. The van der Waals surface area contributed by atoms with Crippen LogP contribution in [-0.2, 0) is 0 Å². The minimum absolute atomic E-state index is 0.0162. The SMILES string of the molecule is CC1NC(=O)c2ccccc21.O=c1c2cccc(O)c12. The predicted octanol–water partition coefficient (Wildman–Crippen LogP) is 2.27. The number of rotatable bonds is 0. The number of phenolic OH excluding ortho intramolecular Hbond substituents is 1. The number of carbonyl (C=O) groups is 1. The van der Waals surface area contributed by atoms with Crippen LogP contribution in [0.25, 0.3) is 10.8 Å². The Hall–Kier alpha value is -2.62. The Morgan fingerprint density at radius 1 is 1.05 bits per heavy atom. The van der Waals surface area contributed by atoms with Gasteiger partial charge in [0.1, 0.15) is 5.75 Å². The lowest BCUT2D eigenvalue weighted by Gasteiger charge is -2.00. The third kappa shape index (κ3) is 1.95. The van der Waals surface area contributed by atoms with E-state index in [0.717, 1.165) is 11.1 Å². The average molecular weight is 267 g/mol. The lowest BCUT2D eigenvalue weighted by Crippen LogP contribution is -2.16. The molecule has 0 radical (unpaired) electrons. The van der Waals surface area contributed by atoms with Crippen molar-refractivity contribution in [3.05, 3.63) is 63.8 Å². The molecule has 0 fully saturated rings. The van der Waals surface area contributed by atoms with Gasteiger partial charge in [-0.25, -0.2) is 0 Å². The molecule has 0 aromatic heterocycles. The van der Waals surface area contributed by atoms with Crippen LogP contribution < -0.4 is 10.7 Å². The van der Waals surface area contributed by atoms with E-state index in [4.69, 9.17) is 5.11 Å². The second-order valence-corrected chi connectivity index (χ2v) is 4.81. The molecule has 0 saturated heterocycles. The van der Waals surface area contributed by atoms with Crippen LogP contribution in [0.1, 0.15) is 28.9 Å². The number of nitrogens with one attached hydrogen (secondary N) is 1. The second kappa shape index (κ2) is 4.49. The van der Waals surface area contributed by atoms with Crippen molar-refractivity contribution in [1.29, 1.82) is 0 Å². The molecule has 1 heterocycles. The lowest BCUT2D eigenvalue weighted by molar-refractivity contribution is 0.0958. The van der Waals surface area contributed by atoms with Gasteiger partial charge >= 0.3 is 0 Å². The Kier molecular flexibility index (Phi) is 2.79. The first kappa shape index (κ1) is 12.4. The maximum atomic E-state index is 11.2. The standard InChI is InChI=1S/C9H9NO.C7H4O2/c1-6-7-4-2-3-5-8(7)9(11)10-6;8-5-3-1-2-4-6(5)7(4)9/h2-6H,1H3,(H,10,11);1-3,8H. The van der Waals surface area contributed by atoms with Gasteiger partial charge in [0.05, 0.1) is 11.4 Å². The van der Waals surface area contributed by atoms with Crippen LogP contribution in [0.3, 0.4) is 0 Å². The van der Waals surface area contributed by atoms with Crippen LogP contribution in [-0.4, -0.2) is 11.0 Å². The molecule has 1 amide bonds. The van der Waals surface area contributed by atoms with E-state index in [-0.39, 0.29) is 23.1 Å². The van der Waals surface area contributed by atoms with Crippen LogP contribution in [0.2, 0.25) is 0 Å². The van der Waals surface area contributed by atoms with E-state index < -0.39 is 0 Å². The highest BCUT2D eigenvalue weighted by Crippen LogP contribution is 2.24. The Bertz CT molecular complexity index is 812. The van der Waals surface area contributed by atoms with Gasteiger partial charge in [0.25, 0.3) is 5.91 Å². The van der Waals surface area contributed by atoms with Crippen molar-refractivity contribution < 1.29 is 9.90 Å². The van der Waals surface area contributed by atoms with E-state index in [0.29, 0.717) is 10.8 Å². The zero-order chi connectivity index (χ0) is 14.3. The summed E-state index contributed by atoms with van der Waals surface area (Å²) in [4.78, 5) is 21.8. The third-order valence-corrected chi connectivity index (χ3v) is 3.47. The van der Waals surface area contributed by atoms with Gasteiger partial charge in [0.2, 0.25) is 0 Å². The van der Waals surface area contributed by atoms with Gasteiger partial charge in [-0.1, -0.05) is 30.3 Å². The van der Waals surface area contributed by atoms with Crippen LogP contribution >= 0.6 is 0 Å². The fourth-order valence-electron chi connectivity index (χ4n) is 2.35. The highest BCUT2D eigenvalue weighted by atomic mass is 16.3. The zero-order valence-electron chi connectivity index (χ0n) is 10.9. The quantitative estimate of drug-likeness (QED) is 0.656. The molecule has 4 heteroatoms. The van der Waals surface area contributed by atoms with Crippen LogP contribution in [0.15, 0.2) is 47.3 Å². The van der Waals surface area contributed by atoms with E-state index in [1.807, 2.05) is 31.2 Å². The Balaban J connectivity index is 0.000000123. The lowest BCUT2D eigenvalue weighted by atomic mass is 10.1. The molecule has 20 heavy (non-hydrogen) atoms. The molecule has 3 aromatic carbocycles. The number of amides is 1. The van der Waals surface area contributed by atoms with Gasteiger partial charge in [-0.2, -0.15) is 0 Å². The predicted molar refractivity (Wildman–Crippen MR) is 76.6 cm³/mol. The van der Waals surface area contributed by atoms with E-state index in [1.165, 1.54) is 6.07 Å². The fourth-order valence-corrected chi connectivity index (χ4v) is 2.35. The molecule has 0 aliphatic carbocycles. The first-order valence-corrected chi connectivity index (χ1v) is 6.36. The minimum Gasteiger partial charge on any atom is -0.507 e. The molecular formula is C16H13NO3. The maximum Gasteiger partial charge on any atom is 0.252 e. The van der Waals surface area contributed by atoms with Crippen LogP contribution in [0.4, 0.5) is 0 Å². The Morgan fingerprint density at radius 2 is 1.80 bits per heavy atom. The molecule has 4 nitrogen and oxygen atoms in total. The summed E-state index contributed by atoms with van der Waals surface area (Å²) in [5.41, 5.74) is 1.91. The number of aromatic hydroxyl groups is 1. The molecule has 3 aromatic rings. The van der Waals surface area contributed by atoms with Crippen molar-refractivity contribution in [3.63, 3.8) is 0 Å². The molecule has 4 rings (SSSR count). The fraction of sp³-hybridized carbons (Fsp3) is 0.125. The van der Waals surface area contributed by atoms with Gasteiger partial charge in [0, 0.05) is 10.9 Å². The zero-order valence-corrected chi connectivity index (χ0v) is 10.9. The molecule has 0 spiro atoms. The first-order chi connectivity index (χ1) is 9.59. The number of hydrogen-bond acceptors (Lipinski definition) is 3. The summed E-state index contributed by atoms with van der Waals surface area (Å²) in [6, 6.07) is 12.7. The first-order valence-electron chi connectivity index (χ1n) is 6.36. The van der Waals surface area contributed by atoms with Gasteiger partial charge < -0.3 is 10.4 Å². The van der Waals surface area contributed by atoms with E-state index in [1.54, 1.807) is 12.1 Å². The summed E-state index contributed by atoms with van der Waals surface area (Å²) in [5, 5.41) is 12.9. The molecule has 1 atom stereocenters.